The molecule has 0 bridgehead atoms. The molecule has 6 nitrogen and oxygen atoms in total. The van der Waals surface area contributed by atoms with E-state index in [1.807, 2.05) is 30.0 Å². The van der Waals surface area contributed by atoms with E-state index in [2.05, 4.69) is 39.8 Å². The zero-order valence-electron chi connectivity index (χ0n) is 17.0. The van der Waals surface area contributed by atoms with Gasteiger partial charge in [-0.1, -0.05) is 18.2 Å². The molecule has 0 unspecified atom stereocenters. The molecule has 1 aromatic carbocycles. The van der Waals surface area contributed by atoms with E-state index >= 15 is 0 Å². The van der Waals surface area contributed by atoms with Gasteiger partial charge in [-0.05, 0) is 30.7 Å². The Morgan fingerprint density at radius 3 is 2.66 bits per heavy atom. The maximum Gasteiger partial charge on any atom is 0.191 e. The number of nitrogens with zero attached hydrogens (tertiary/aromatic N) is 2. The molecule has 0 amide bonds. The highest BCUT2D eigenvalue weighted by atomic mass is 32.2. The molecule has 1 aromatic heterocycles. The van der Waals surface area contributed by atoms with Crippen LogP contribution in [0.5, 0.6) is 0 Å². The number of ether oxygens (including phenoxy) is 1. The summed E-state index contributed by atoms with van der Waals surface area (Å²) in [6.07, 6.45) is 3.62. The fourth-order valence-electron chi connectivity index (χ4n) is 3.10. The van der Waals surface area contributed by atoms with Crippen LogP contribution in [0.4, 0.5) is 0 Å². The first kappa shape index (κ1) is 21.7. The number of hydrogen-bond acceptors (Lipinski definition) is 5. The maximum absolute atomic E-state index is 5.41. The van der Waals surface area contributed by atoms with Crippen molar-refractivity contribution in [3.8, 4) is 0 Å². The summed E-state index contributed by atoms with van der Waals surface area (Å²) in [7, 11) is 0. The van der Waals surface area contributed by atoms with Crippen LogP contribution in [0.15, 0.2) is 63.0 Å². The molecule has 1 aliphatic heterocycles. The van der Waals surface area contributed by atoms with Crippen molar-refractivity contribution >= 4 is 17.7 Å². The maximum atomic E-state index is 5.41. The van der Waals surface area contributed by atoms with Gasteiger partial charge in [-0.25, -0.2) is 0 Å². The minimum atomic E-state index is 0.800. The van der Waals surface area contributed by atoms with E-state index in [1.54, 1.807) is 6.26 Å². The van der Waals surface area contributed by atoms with Crippen molar-refractivity contribution in [3.05, 3.63) is 54.5 Å². The second-order valence-electron chi connectivity index (χ2n) is 6.88. The molecule has 0 spiro atoms. The number of thioether (sulfide) groups is 1. The van der Waals surface area contributed by atoms with E-state index in [9.17, 15) is 0 Å². The van der Waals surface area contributed by atoms with Crippen molar-refractivity contribution in [2.75, 3.05) is 58.2 Å². The zero-order valence-corrected chi connectivity index (χ0v) is 17.8. The fourth-order valence-corrected chi connectivity index (χ4v) is 3.89. The van der Waals surface area contributed by atoms with E-state index in [0.717, 1.165) is 82.8 Å². The highest BCUT2D eigenvalue weighted by molar-refractivity contribution is 7.99. The molecule has 7 heteroatoms. The van der Waals surface area contributed by atoms with Gasteiger partial charge in [0, 0.05) is 56.3 Å². The van der Waals surface area contributed by atoms with Crippen molar-refractivity contribution in [1.82, 2.24) is 15.5 Å². The number of guanidine groups is 1. The van der Waals surface area contributed by atoms with Gasteiger partial charge in [0.15, 0.2) is 5.96 Å². The van der Waals surface area contributed by atoms with Gasteiger partial charge in [-0.2, -0.15) is 0 Å². The van der Waals surface area contributed by atoms with E-state index < -0.39 is 0 Å². The summed E-state index contributed by atoms with van der Waals surface area (Å²) in [6, 6.07) is 14.4. The van der Waals surface area contributed by atoms with Crippen LogP contribution in [0.1, 0.15) is 12.2 Å². The Bertz CT molecular complexity index is 688. The lowest BCUT2D eigenvalue weighted by molar-refractivity contribution is 0.0377. The second kappa shape index (κ2) is 13.3. The summed E-state index contributed by atoms with van der Waals surface area (Å²) < 4.78 is 10.8. The average Bonchev–Trinajstić information content (AvgIpc) is 3.29. The number of rotatable bonds is 11. The number of nitrogens with one attached hydrogen (secondary N) is 2. The highest BCUT2D eigenvalue weighted by Crippen LogP contribution is 2.15. The molecule has 0 atom stereocenters. The summed E-state index contributed by atoms with van der Waals surface area (Å²) in [4.78, 5) is 8.51. The molecular weight excluding hydrogens is 384 g/mol. The summed E-state index contributed by atoms with van der Waals surface area (Å²) in [5, 5.41) is 6.89. The van der Waals surface area contributed by atoms with Crippen molar-refractivity contribution in [3.63, 3.8) is 0 Å². The third kappa shape index (κ3) is 8.94. The van der Waals surface area contributed by atoms with Gasteiger partial charge in [0.25, 0.3) is 0 Å². The number of benzene rings is 1. The SMILES string of the molecule is c1ccc(SCCNC(=NCCCN2CCOCC2)NCCc2ccco2)cc1. The third-order valence-electron chi connectivity index (χ3n) is 4.66. The lowest BCUT2D eigenvalue weighted by Crippen LogP contribution is -2.40. The number of hydrogen-bond donors (Lipinski definition) is 2. The first-order valence-electron chi connectivity index (χ1n) is 10.4. The van der Waals surface area contributed by atoms with Crippen LogP contribution in [-0.4, -0.2) is 69.1 Å². The smallest absolute Gasteiger partial charge is 0.191 e. The van der Waals surface area contributed by atoms with Crippen molar-refractivity contribution in [2.24, 2.45) is 4.99 Å². The Morgan fingerprint density at radius 2 is 1.86 bits per heavy atom. The van der Waals surface area contributed by atoms with Gasteiger partial charge in [0.1, 0.15) is 5.76 Å². The molecule has 3 rings (SSSR count). The van der Waals surface area contributed by atoms with Gasteiger partial charge in [0.05, 0.1) is 19.5 Å². The van der Waals surface area contributed by atoms with Gasteiger partial charge < -0.3 is 19.8 Å². The Balaban J connectivity index is 1.38. The van der Waals surface area contributed by atoms with Gasteiger partial charge >= 0.3 is 0 Å². The van der Waals surface area contributed by atoms with Crippen LogP contribution >= 0.6 is 11.8 Å². The van der Waals surface area contributed by atoms with Gasteiger partial charge in [0.2, 0.25) is 0 Å². The summed E-state index contributed by atoms with van der Waals surface area (Å²) in [5.41, 5.74) is 0. The van der Waals surface area contributed by atoms with E-state index in [4.69, 9.17) is 14.1 Å². The molecule has 1 saturated heterocycles. The molecule has 158 valence electrons. The molecular formula is C22H32N4O2S. The molecule has 2 N–H and O–H groups in total. The van der Waals surface area contributed by atoms with Crippen LogP contribution < -0.4 is 10.6 Å². The molecule has 2 heterocycles. The van der Waals surface area contributed by atoms with E-state index in [0.29, 0.717) is 0 Å². The Morgan fingerprint density at radius 1 is 1.03 bits per heavy atom. The number of aliphatic imine (C=N–C) groups is 1. The Labute approximate surface area is 178 Å². The minimum Gasteiger partial charge on any atom is -0.469 e. The van der Waals surface area contributed by atoms with Gasteiger partial charge in [-0.3, -0.25) is 9.89 Å². The summed E-state index contributed by atoms with van der Waals surface area (Å²) in [6.45, 7) is 7.34. The molecule has 2 aromatic rings. The van der Waals surface area contributed by atoms with Crippen molar-refractivity contribution in [1.29, 1.82) is 0 Å². The Hall–Kier alpha value is -1.96. The standard InChI is InChI=1S/C22H32N4O2S/c1-2-7-21(8-3-1)29-19-12-25-22(24-11-9-20-6-4-16-28-20)23-10-5-13-26-14-17-27-18-15-26/h1-4,6-8,16H,5,9-15,17-19H2,(H2,23,24,25). The van der Waals surface area contributed by atoms with E-state index in [-0.39, 0.29) is 0 Å². The van der Waals surface area contributed by atoms with E-state index in [1.165, 1.54) is 4.90 Å². The normalized spacial score (nSPS) is 15.4. The number of furan rings is 1. The lowest BCUT2D eigenvalue weighted by atomic mass is 10.3. The quantitative estimate of drug-likeness (QED) is 0.254. The van der Waals surface area contributed by atoms with Crippen LogP contribution in [-0.2, 0) is 11.2 Å². The van der Waals surface area contributed by atoms with Crippen molar-refractivity contribution in [2.45, 2.75) is 17.7 Å². The van der Waals surface area contributed by atoms with Crippen molar-refractivity contribution < 1.29 is 9.15 Å². The predicted molar refractivity (Wildman–Crippen MR) is 120 cm³/mol. The van der Waals surface area contributed by atoms with Crippen LogP contribution in [0.2, 0.25) is 0 Å². The molecule has 0 radical (unpaired) electrons. The summed E-state index contributed by atoms with van der Waals surface area (Å²) in [5.74, 6) is 2.87. The zero-order chi connectivity index (χ0) is 20.0. The summed E-state index contributed by atoms with van der Waals surface area (Å²) >= 11 is 1.85. The fraction of sp³-hybridized carbons (Fsp3) is 0.500. The van der Waals surface area contributed by atoms with Crippen LogP contribution in [0.3, 0.4) is 0 Å². The van der Waals surface area contributed by atoms with Crippen LogP contribution in [0.25, 0.3) is 0 Å². The van der Waals surface area contributed by atoms with Crippen LogP contribution in [0, 0.1) is 0 Å². The first-order chi connectivity index (χ1) is 14.4. The molecule has 1 fully saturated rings. The predicted octanol–water partition coefficient (Wildman–Crippen LogP) is 2.87. The largest absolute Gasteiger partial charge is 0.469 e. The second-order valence-corrected chi connectivity index (χ2v) is 8.05. The highest BCUT2D eigenvalue weighted by Gasteiger charge is 2.09. The molecule has 0 saturated carbocycles. The Kier molecular flexibility index (Phi) is 9.97. The molecule has 29 heavy (non-hydrogen) atoms. The molecule has 1 aliphatic rings. The third-order valence-corrected chi connectivity index (χ3v) is 5.67. The average molecular weight is 417 g/mol. The minimum absolute atomic E-state index is 0.800. The topological polar surface area (TPSA) is 62.0 Å². The number of morpholine rings is 1. The monoisotopic (exact) mass is 416 g/mol. The molecule has 0 aliphatic carbocycles. The van der Waals surface area contributed by atoms with Gasteiger partial charge in [-0.15, -0.1) is 11.8 Å². The lowest BCUT2D eigenvalue weighted by Gasteiger charge is -2.26. The first-order valence-corrected chi connectivity index (χ1v) is 11.4.